The van der Waals surface area contributed by atoms with Crippen molar-refractivity contribution in [3.63, 3.8) is 0 Å². The third-order valence-corrected chi connectivity index (χ3v) is 2.71. The van der Waals surface area contributed by atoms with E-state index in [-0.39, 0.29) is 6.42 Å². The van der Waals surface area contributed by atoms with Crippen molar-refractivity contribution in [2.24, 2.45) is 7.05 Å². The Balaban J connectivity index is 2.52. The molecule has 0 saturated carbocycles. The highest BCUT2D eigenvalue weighted by Crippen LogP contribution is 2.17. The van der Waals surface area contributed by atoms with Crippen LogP contribution < -0.4 is 0 Å². The van der Waals surface area contributed by atoms with E-state index in [0.29, 0.717) is 0 Å². The van der Waals surface area contributed by atoms with Crippen molar-refractivity contribution < 1.29 is 9.90 Å². The Morgan fingerprint density at radius 2 is 2.25 bits per heavy atom. The number of fused-ring (bicyclic) bond motifs is 1. The van der Waals surface area contributed by atoms with E-state index in [0.717, 1.165) is 28.8 Å². The van der Waals surface area contributed by atoms with Gasteiger partial charge in [0.1, 0.15) is 5.82 Å². The summed E-state index contributed by atoms with van der Waals surface area (Å²) in [7, 11) is 1.96. The Hall–Kier alpha value is -1.84. The summed E-state index contributed by atoms with van der Waals surface area (Å²) in [5.74, 6) is 0.208. The van der Waals surface area contributed by atoms with Crippen molar-refractivity contribution in [1.82, 2.24) is 9.55 Å². The lowest BCUT2D eigenvalue weighted by Gasteiger charge is -2.00. The third kappa shape index (κ3) is 1.78. The maximum atomic E-state index is 10.6. The largest absolute Gasteiger partial charge is 0.481 e. The number of hydrogen-bond acceptors (Lipinski definition) is 2. The first-order valence-corrected chi connectivity index (χ1v) is 5.28. The van der Waals surface area contributed by atoms with Crippen LogP contribution in [0.15, 0.2) is 18.2 Å². The molecule has 0 aliphatic rings. The molecule has 1 heterocycles. The summed E-state index contributed by atoms with van der Waals surface area (Å²) >= 11 is 0. The minimum absolute atomic E-state index is 0.0581. The lowest BCUT2D eigenvalue weighted by molar-refractivity contribution is -0.136. The second-order valence-electron chi connectivity index (χ2n) is 3.83. The van der Waals surface area contributed by atoms with Gasteiger partial charge >= 0.3 is 5.97 Å². The van der Waals surface area contributed by atoms with Crippen LogP contribution in [0.2, 0.25) is 0 Å². The number of carbonyl (C=O) groups is 1. The van der Waals surface area contributed by atoms with Crippen LogP contribution in [0, 0.1) is 0 Å². The maximum Gasteiger partial charge on any atom is 0.307 e. The molecule has 16 heavy (non-hydrogen) atoms. The minimum atomic E-state index is -0.808. The van der Waals surface area contributed by atoms with Crippen LogP contribution in [0.4, 0.5) is 0 Å². The summed E-state index contributed by atoms with van der Waals surface area (Å²) in [6.07, 6.45) is 0.933. The predicted octanol–water partition coefficient (Wildman–Crippen LogP) is 1.76. The van der Waals surface area contributed by atoms with E-state index in [1.807, 2.05) is 29.8 Å². The van der Waals surface area contributed by atoms with Crippen LogP contribution in [0.25, 0.3) is 11.0 Å². The fraction of sp³-hybridized carbons (Fsp3) is 0.333. The Morgan fingerprint density at radius 3 is 2.88 bits per heavy atom. The number of benzene rings is 1. The van der Waals surface area contributed by atoms with Crippen molar-refractivity contribution in [2.45, 2.75) is 19.8 Å². The predicted molar refractivity (Wildman–Crippen MR) is 61.4 cm³/mol. The van der Waals surface area contributed by atoms with E-state index in [2.05, 4.69) is 11.9 Å². The third-order valence-electron chi connectivity index (χ3n) is 2.71. The van der Waals surface area contributed by atoms with Crippen molar-refractivity contribution >= 4 is 17.0 Å². The van der Waals surface area contributed by atoms with Crippen molar-refractivity contribution in [1.29, 1.82) is 0 Å². The normalized spacial score (nSPS) is 10.9. The van der Waals surface area contributed by atoms with Gasteiger partial charge in [0, 0.05) is 13.5 Å². The second kappa shape index (κ2) is 3.96. The number of carboxylic acid groups (broad SMARTS) is 1. The minimum Gasteiger partial charge on any atom is -0.481 e. The van der Waals surface area contributed by atoms with E-state index >= 15 is 0 Å². The van der Waals surface area contributed by atoms with Crippen molar-refractivity contribution in [3.8, 4) is 0 Å². The van der Waals surface area contributed by atoms with Crippen LogP contribution in [-0.4, -0.2) is 20.6 Å². The smallest absolute Gasteiger partial charge is 0.307 e. The molecule has 0 fully saturated rings. The van der Waals surface area contributed by atoms with Crippen LogP contribution in [0.3, 0.4) is 0 Å². The Bertz CT molecular complexity index is 543. The average Bonchev–Trinajstić information content (AvgIpc) is 2.55. The SMILES string of the molecule is CCc1nc2ccc(CC(=O)O)cc2n1C. The first-order valence-electron chi connectivity index (χ1n) is 5.28. The molecule has 0 aliphatic carbocycles. The lowest BCUT2D eigenvalue weighted by atomic mass is 10.1. The molecule has 0 spiro atoms. The Kier molecular flexibility index (Phi) is 2.64. The van der Waals surface area contributed by atoms with Gasteiger partial charge in [0.25, 0.3) is 0 Å². The second-order valence-corrected chi connectivity index (χ2v) is 3.83. The topological polar surface area (TPSA) is 55.1 Å². The molecule has 4 heteroatoms. The fourth-order valence-corrected chi connectivity index (χ4v) is 1.89. The van der Waals surface area contributed by atoms with Crippen LogP contribution in [0.5, 0.6) is 0 Å². The number of imidazole rings is 1. The molecule has 4 nitrogen and oxygen atoms in total. The van der Waals surface area contributed by atoms with Gasteiger partial charge in [0.05, 0.1) is 17.5 Å². The number of nitrogens with zero attached hydrogens (tertiary/aromatic N) is 2. The number of aromatic nitrogens is 2. The number of aliphatic carboxylic acids is 1. The highest BCUT2D eigenvalue weighted by atomic mass is 16.4. The number of carboxylic acids is 1. The van der Waals surface area contributed by atoms with Crippen LogP contribution in [0.1, 0.15) is 18.3 Å². The summed E-state index contributed by atoms with van der Waals surface area (Å²) < 4.78 is 2.01. The number of rotatable bonds is 3. The van der Waals surface area contributed by atoms with Gasteiger partial charge in [-0.15, -0.1) is 0 Å². The zero-order valence-electron chi connectivity index (χ0n) is 9.40. The highest BCUT2D eigenvalue weighted by Gasteiger charge is 2.08. The summed E-state index contributed by atoms with van der Waals surface area (Å²) in [6, 6.07) is 5.60. The molecule has 2 aromatic rings. The number of hydrogen-bond donors (Lipinski definition) is 1. The summed E-state index contributed by atoms with van der Waals surface area (Å²) in [5.41, 5.74) is 2.73. The molecule has 84 valence electrons. The average molecular weight is 218 g/mol. The Labute approximate surface area is 93.5 Å². The van der Waals surface area contributed by atoms with Gasteiger partial charge in [-0.3, -0.25) is 4.79 Å². The van der Waals surface area contributed by atoms with Crippen LogP contribution in [-0.2, 0) is 24.7 Å². The van der Waals surface area contributed by atoms with Gasteiger partial charge in [0.15, 0.2) is 0 Å². The summed E-state index contributed by atoms with van der Waals surface area (Å²) in [4.78, 5) is 15.1. The molecule has 0 radical (unpaired) electrons. The van der Waals surface area contributed by atoms with Crippen molar-refractivity contribution in [2.75, 3.05) is 0 Å². The molecular formula is C12H14N2O2. The molecule has 0 bridgehead atoms. The molecule has 0 saturated heterocycles. The van der Waals surface area contributed by atoms with Gasteiger partial charge in [-0.05, 0) is 17.7 Å². The van der Waals surface area contributed by atoms with E-state index in [1.165, 1.54) is 0 Å². The fourth-order valence-electron chi connectivity index (χ4n) is 1.89. The monoisotopic (exact) mass is 218 g/mol. The standard InChI is InChI=1S/C12H14N2O2/c1-3-11-13-9-5-4-8(7-12(15)16)6-10(9)14(11)2/h4-6H,3,7H2,1-2H3,(H,15,16). The van der Waals surface area contributed by atoms with Gasteiger partial charge in [0.2, 0.25) is 0 Å². The molecule has 1 aromatic heterocycles. The van der Waals surface area contributed by atoms with Gasteiger partial charge in [-0.25, -0.2) is 4.98 Å². The quantitative estimate of drug-likeness (QED) is 0.854. The molecule has 2 rings (SSSR count). The molecule has 0 atom stereocenters. The molecule has 0 amide bonds. The van der Waals surface area contributed by atoms with Gasteiger partial charge in [-0.2, -0.15) is 0 Å². The van der Waals surface area contributed by atoms with Crippen molar-refractivity contribution in [3.05, 3.63) is 29.6 Å². The maximum absolute atomic E-state index is 10.6. The number of aryl methyl sites for hydroxylation is 2. The first kappa shape index (κ1) is 10.7. The van der Waals surface area contributed by atoms with Crippen LogP contribution >= 0.6 is 0 Å². The highest BCUT2D eigenvalue weighted by molar-refractivity contribution is 5.79. The zero-order chi connectivity index (χ0) is 11.7. The Morgan fingerprint density at radius 1 is 1.50 bits per heavy atom. The molecule has 1 N–H and O–H groups in total. The van der Waals surface area contributed by atoms with E-state index < -0.39 is 5.97 Å². The van der Waals surface area contributed by atoms with Gasteiger partial charge < -0.3 is 9.67 Å². The van der Waals surface area contributed by atoms with E-state index in [9.17, 15) is 4.79 Å². The zero-order valence-corrected chi connectivity index (χ0v) is 9.40. The molecule has 0 aliphatic heterocycles. The van der Waals surface area contributed by atoms with Gasteiger partial charge in [-0.1, -0.05) is 13.0 Å². The molecular weight excluding hydrogens is 204 g/mol. The molecule has 0 unspecified atom stereocenters. The molecule has 1 aromatic carbocycles. The first-order chi connectivity index (χ1) is 7.61. The lowest BCUT2D eigenvalue weighted by Crippen LogP contribution is -2.00. The summed E-state index contributed by atoms with van der Waals surface area (Å²) in [6.45, 7) is 2.05. The van der Waals surface area contributed by atoms with E-state index in [4.69, 9.17) is 5.11 Å². The summed E-state index contributed by atoms with van der Waals surface area (Å²) in [5, 5.41) is 8.74. The van der Waals surface area contributed by atoms with E-state index in [1.54, 1.807) is 0 Å².